The highest BCUT2D eigenvalue weighted by Gasteiger charge is 2.32. The maximum absolute atomic E-state index is 13.0. The number of carbonyl (C=O) groups is 1. The lowest BCUT2D eigenvalue weighted by Crippen LogP contribution is -2.36. The fourth-order valence-electron chi connectivity index (χ4n) is 2.20. The van der Waals surface area contributed by atoms with E-state index in [1.165, 1.54) is 12.1 Å². The zero-order valence-corrected chi connectivity index (χ0v) is 10.1. The van der Waals surface area contributed by atoms with E-state index in [1.807, 2.05) is 0 Å². The third kappa shape index (κ3) is 3.05. The summed E-state index contributed by atoms with van der Waals surface area (Å²) in [6, 6.07) is 4.45. The molecule has 0 spiro atoms. The van der Waals surface area contributed by atoms with E-state index >= 15 is 0 Å². The molecule has 0 aliphatic heterocycles. The lowest BCUT2D eigenvalue weighted by atomic mass is 9.80. The minimum absolute atomic E-state index is 0.0676. The van der Waals surface area contributed by atoms with Crippen LogP contribution in [0, 0.1) is 5.82 Å². The van der Waals surface area contributed by atoms with Crippen LogP contribution < -0.4 is 0 Å². The van der Waals surface area contributed by atoms with Crippen LogP contribution in [0.25, 0.3) is 0 Å². The summed E-state index contributed by atoms with van der Waals surface area (Å²) in [5.74, 6) is -0.256. The van der Waals surface area contributed by atoms with Crippen molar-refractivity contribution in [2.24, 2.45) is 0 Å². The number of hydrogen-bond acceptors (Lipinski definition) is 2. The molecule has 17 heavy (non-hydrogen) atoms. The van der Waals surface area contributed by atoms with E-state index in [4.69, 9.17) is 11.6 Å². The summed E-state index contributed by atoms with van der Waals surface area (Å²) in [6.45, 7) is 0. The molecule has 1 fully saturated rings. The van der Waals surface area contributed by atoms with E-state index in [2.05, 4.69) is 0 Å². The molecule has 1 saturated carbocycles. The molecule has 1 aliphatic rings. The monoisotopic (exact) mass is 256 g/mol. The Morgan fingerprint density at radius 1 is 1.35 bits per heavy atom. The van der Waals surface area contributed by atoms with Crippen LogP contribution in [-0.2, 0) is 11.2 Å². The SMILES string of the molecule is O=C1CCC(O)(Cc2ccc(F)c(Cl)c2)CC1. The van der Waals surface area contributed by atoms with E-state index in [-0.39, 0.29) is 10.8 Å². The van der Waals surface area contributed by atoms with Gasteiger partial charge in [-0.2, -0.15) is 0 Å². The van der Waals surface area contributed by atoms with Crippen LogP contribution in [0.5, 0.6) is 0 Å². The van der Waals surface area contributed by atoms with Crippen molar-refractivity contribution in [2.45, 2.75) is 37.7 Å². The van der Waals surface area contributed by atoms with Crippen molar-refractivity contribution in [1.82, 2.24) is 0 Å². The van der Waals surface area contributed by atoms with Gasteiger partial charge in [-0.1, -0.05) is 17.7 Å². The molecule has 1 aromatic rings. The Hall–Kier alpha value is -0.930. The number of hydrogen-bond donors (Lipinski definition) is 1. The van der Waals surface area contributed by atoms with Gasteiger partial charge in [0.15, 0.2) is 0 Å². The first-order chi connectivity index (χ1) is 7.98. The predicted molar refractivity (Wildman–Crippen MR) is 63.5 cm³/mol. The van der Waals surface area contributed by atoms with Crippen LogP contribution >= 0.6 is 11.6 Å². The molecule has 0 radical (unpaired) electrons. The van der Waals surface area contributed by atoms with Crippen LogP contribution in [0.15, 0.2) is 18.2 Å². The molecule has 1 aliphatic carbocycles. The number of carbonyl (C=O) groups excluding carboxylic acids is 1. The van der Waals surface area contributed by atoms with E-state index in [9.17, 15) is 14.3 Å². The van der Waals surface area contributed by atoms with Crippen molar-refractivity contribution in [3.05, 3.63) is 34.6 Å². The highest BCUT2D eigenvalue weighted by molar-refractivity contribution is 6.30. The van der Waals surface area contributed by atoms with Crippen molar-refractivity contribution in [2.75, 3.05) is 0 Å². The standard InChI is InChI=1S/C13H14ClFO2/c14-11-7-9(1-2-12(11)15)8-13(17)5-3-10(16)4-6-13/h1-2,7,17H,3-6,8H2. The minimum Gasteiger partial charge on any atom is -0.390 e. The molecule has 0 heterocycles. The smallest absolute Gasteiger partial charge is 0.141 e. The van der Waals surface area contributed by atoms with E-state index in [0.29, 0.717) is 32.1 Å². The number of halogens is 2. The summed E-state index contributed by atoms with van der Waals surface area (Å²) >= 11 is 5.69. The zero-order valence-electron chi connectivity index (χ0n) is 9.38. The maximum Gasteiger partial charge on any atom is 0.141 e. The molecule has 0 saturated heterocycles. The van der Waals surface area contributed by atoms with Crippen LogP contribution in [0.2, 0.25) is 5.02 Å². The normalized spacial score (nSPS) is 19.4. The van der Waals surface area contributed by atoms with Gasteiger partial charge < -0.3 is 5.11 Å². The molecule has 0 atom stereocenters. The van der Waals surface area contributed by atoms with Crippen LogP contribution in [0.1, 0.15) is 31.2 Å². The summed E-state index contributed by atoms with van der Waals surface area (Å²) in [5, 5.41) is 10.4. The van der Waals surface area contributed by atoms with Crippen LogP contribution in [0.4, 0.5) is 4.39 Å². The molecule has 0 unspecified atom stereocenters. The van der Waals surface area contributed by atoms with Gasteiger partial charge in [-0.25, -0.2) is 4.39 Å². The second-order valence-electron chi connectivity index (χ2n) is 4.69. The van der Waals surface area contributed by atoms with E-state index in [1.54, 1.807) is 6.07 Å². The average molecular weight is 257 g/mol. The quantitative estimate of drug-likeness (QED) is 0.883. The fourth-order valence-corrected chi connectivity index (χ4v) is 2.40. The zero-order chi connectivity index (χ0) is 12.5. The second-order valence-corrected chi connectivity index (χ2v) is 5.10. The first-order valence-corrected chi connectivity index (χ1v) is 6.04. The topological polar surface area (TPSA) is 37.3 Å². The Morgan fingerprint density at radius 3 is 2.59 bits per heavy atom. The molecule has 0 bridgehead atoms. The number of Topliss-reactive ketones (excluding diaryl/α,β-unsaturated/α-hetero) is 1. The average Bonchev–Trinajstić information content (AvgIpc) is 2.28. The Kier molecular flexibility index (Phi) is 3.50. The van der Waals surface area contributed by atoms with Gasteiger partial charge in [0, 0.05) is 19.3 Å². The molecule has 1 aromatic carbocycles. The van der Waals surface area contributed by atoms with Crippen molar-refractivity contribution < 1.29 is 14.3 Å². The van der Waals surface area contributed by atoms with Gasteiger partial charge in [-0.05, 0) is 30.5 Å². The minimum atomic E-state index is -0.852. The molecule has 2 nitrogen and oxygen atoms in total. The molecule has 0 amide bonds. The van der Waals surface area contributed by atoms with Crippen molar-refractivity contribution in [1.29, 1.82) is 0 Å². The highest BCUT2D eigenvalue weighted by atomic mass is 35.5. The highest BCUT2D eigenvalue weighted by Crippen LogP contribution is 2.30. The van der Waals surface area contributed by atoms with Gasteiger partial charge in [0.25, 0.3) is 0 Å². The second kappa shape index (κ2) is 4.75. The van der Waals surface area contributed by atoms with Crippen LogP contribution in [-0.4, -0.2) is 16.5 Å². The van der Waals surface area contributed by atoms with Gasteiger partial charge in [0.1, 0.15) is 11.6 Å². The Bertz CT molecular complexity index is 435. The lowest BCUT2D eigenvalue weighted by Gasteiger charge is -2.31. The molecular formula is C13H14ClFO2. The summed E-state index contributed by atoms with van der Waals surface area (Å²) in [7, 11) is 0. The van der Waals surface area contributed by atoms with E-state index in [0.717, 1.165) is 5.56 Å². The molecule has 1 N–H and O–H groups in total. The van der Waals surface area contributed by atoms with Gasteiger partial charge >= 0.3 is 0 Å². The van der Waals surface area contributed by atoms with E-state index < -0.39 is 11.4 Å². The van der Waals surface area contributed by atoms with Gasteiger partial charge in [0.2, 0.25) is 0 Å². The number of ketones is 1. The molecule has 92 valence electrons. The molecular weight excluding hydrogens is 243 g/mol. The molecule has 2 rings (SSSR count). The fraction of sp³-hybridized carbons (Fsp3) is 0.462. The molecule has 0 aromatic heterocycles. The number of aliphatic hydroxyl groups is 1. The maximum atomic E-state index is 13.0. The van der Waals surface area contributed by atoms with Crippen molar-refractivity contribution in [3.63, 3.8) is 0 Å². The summed E-state index contributed by atoms with van der Waals surface area (Å²) in [4.78, 5) is 11.1. The van der Waals surface area contributed by atoms with Gasteiger partial charge in [-0.3, -0.25) is 4.79 Å². The third-order valence-electron chi connectivity index (χ3n) is 3.26. The van der Waals surface area contributed by atoms with Crippen molar-refractivity contribution >= 4 is 17.4 Å². The summed E-state index contributed by atoms with van der Waals surface area (Å²) in [5.41, 5.74) is -0.0528. The van der Waals surface area contributed by atoms with Gasteiger partial charge in [0.05, 0.1) is 10.6 Å². The summed E-state index contributed by atoms with van der Waals surface area (Å²) < 4.78 is 13.0. The summed E-state index contributed by atoms with van der Waals surface area (Å²) in [6.07, 6.45) is 2.21. The first kappa shape index (κ1) is 12.5. The van der Waals surface area contributed by atoms with Crippen LogP contribution in [0.3, 0.4) is 0 Å². The van der Waals surface area contributed by atoms with Gasteiger partial charge in [-0.15, -0.1) is 0 Å². The predicted octanol–water partition coefficient (Wildman–Crippen LogP) is 2.90. The van der Waals surface area contributed by atoms with Crippen molar-refractivity contribution in [3.8, 4) is 0 Å². The Labute approximate surface area is 104 Å². The molecule has 4 heteroatoms. The first-order valence-electron chi connectivity index (χ1n) is 5.67. The largest absolute Gasteiger partial charge is 0.390 e. The lowest BCUT2D eigenvalue weighted by molar-refractivity contribution is -0.125. The number of benzene rings is 1. The third-order valence-corrected chi connectivity index (χ3v) is 3.55. The number of rotatable bonds is 2. The Balaban J connectivity index is 2.09. The Morgan fingerprint density at radius 2 is 2.00 bits per heavy atom.